The summed E-state index contributed by atoms with van der Waals surface area (Å²) in [6.45, 7) is 8.55. The molecule has 0 aromatic carbocycles. The van der Waals surface area contributed by atoms with Crippen LogP contribution in [0.3, 0.4) is 0 Å². The molecule has 1 rings (SSSR count). The first-order valence-electron chi connectivity index (χ1n) is 5.31. The van der Waals surface area contributed by atoms with Crippen LogP contribution < -0.4 is 0 Å². The molecule has 0 bridgehead atoms. The Morgan fingerprint density at radius 2 is 1.94 bits per heavy atom. The zero-order chi connectivity index (χ0) is 12.5. The van der Waals surface area contributed by atoms with E-state index in [1.807, 2.05) is 0 Å². The van der Waals surface area contributed by atoms with Gasteiger partial charge in [-0.1, -0.05) is 0 Å². The first kappa shape index (κ1) is 12.7. The largest absolute Gasteiger partial charge is 0.486 e. The van der Waals surface area contributed by atoms with Crippen LogP contribution in [0, 0.1) is 0 Å². The van der Waals surface area contributed by atoms with E-state index in [0.717, 1.165) is 0 Å². The molecule has 0 N–H and O–H groups in total. The molecule has 0 fully saturated rings. The highest BCUT2D eigenvalue weighted by Gasteiger charge is 2.33. The molecular weight excluding hydrogens is 208 g/mol. The summed E-state index contributed by atoms with van der Waals surface area (Å²) in [5, 5.41) is 0. The summed E-state index contributed by atoms with van der Waals surface area (Å²) in [6.07, 6.45) is -0.210. The van der Waals surface area contributed by atoms with Crippen molar-refractivity contribution in [1.82, 2.24) is 0 Å². The Kier molecular flexibility index (Phi) is 3.41. The second-order valence-corrected chi connectivity index (χ2v) is 4.96. The zero-order valence-electron chi connectivity index (χ0n) is 10.4. The Morgan fingerprint density at radius 3 is 2.31 bits per heavy atom. The van der Waals surface area contributed by atoms with Crippen molar-refractivity contribution in [3.05, 3.63) is 11.3 Å². The minimum Gasteiger partial charge on any atom is -0.486 e. The fourth-order valence-electron chi connectivity index (χ4n) is 1.45. The Balaban J connectivity index is 2.72. The second kappa shape index (κ2) is 4.28. The maximum absolute atomic E-state index is 11.8. The lowest BCUT2D eigenvalue weighted by Gasteiger charge is -2.19. The molecule has 1 heterocycles. The fourth-order valence-corrected chi connectivity index (χ4v) is 1.45. The number of esters is 1. The Labute approximate surface area is 95.6 Å². The molecule has 4 heteroatoms. The number of Topliss-reactive ketones (excluding diaryl/α,β-unsaturated/α-hetero) is 1. The third-order valence-corrected chi connectivity index (χ3v) is 2.23. The molecule has 90 valence electrons. The van der Waals surface area contributed by atoms with E-state index < -0.39 is 17.7 Å². The van der Waals surface area contributed by atoms with Crippen LogP contribution in [0.1, 0.15) is 41.0 Å². The van der Waals surface area contributed by atoms with Gasteiger partial charge in [-0.3, -0.25) is 4.79 Å². The molecule has 0 aromatic heterocycles. The maximum atomic E-state index is 11.8. The van der Waals surface area contributed by atoms with E-state index in [2.05, 4.69) is 0 Å². The van der Waals surface area contributed by atoms with Crippen LogP contribution in [0.15, 0.2) is 11.3 Å². The van der Waals surface area contributed by atoms with Gasteiger partial charge in [-0.05, 0) is 34.6 Å². The number of hydrogen-bond donors (Lipinski definition) is 0. The zero-order valence-corrected chi connectivity index (χ0v) is 10.4. The topological polar surface area (TPSA) is 52.6 Å². The first-order chi connectivity index (χ1) is 7.20. The summed E-state index contributed by atoms with van der Waals surface area (Å²) in [6, 6.07) is 0. The van der Waals surface area contributed by atoms with E-state index in [0.29, 0.717) is 17.8 Å². The lowest BCUT2D eigenvalue weighted by molar-refractivity contribution is -0.150. The van der Waals surface area contributed by atoms with Gasteiger partial charge in [-0.15, -0.1) is 0 Å². The average Bonchev–Trinajstić information content (AvgIpc) is 2.44. The molecule has 16 heavy (non-hydrogen) atoms. The second-order valence-electron chi connectivity index (χ2n) is 4.96. The van der Waals surface area contributed by atoms with Crippen molar-refractivity contribution in [2.24, 2.45) is 0 Å². The lowest BCUT2D eigenvalue weighted by atomic mass is 10.1. The Hall–Kier alpha value is -1.32. The van der Waals surface area contributed by atoms with Crippen molar-refractivity contribution < 1.29 is 19.1 Å². The van der Waals surface area contributed by atoms with E-state index >= 15 is 0 Å². The van der Waals surface area contributed by atoms with Crippen molar-refractivity contribution >= 4 is 11.8 Å². The highest BCUT2D eigenvalue weighted by Crippen LogP contribution is 2.27. The molecule has 0 aromatic rings. The lowest BCUT2D eigenvalue weighted by Crippen LogP contribution is -2.25. The number of rotatable bonds is 2. The van der Waals surface area contributed by atoms with Crippen molar-refractivity contribution in [3.63, 3.8) is 0 Å². The number of carbonyl (C=O) groups is 2. The Bertz CT molecular complexity index is 347. The molecule has 1 unspecified atom stereocenters. The molecule has 1 aliphatic heterocycles. The summed E-state index contributed by atoms with van der Waals surface area (Å²) in [4.78, 5) is 22.9. The fraction of sp³-hybridized carbons (Fsp3) is 0.667. The van der Waals surface area contributed by atoms with Crippen molar-refractivity contribution in [1.29, 1.82) is 0 Å². The van der Waals surface area contributed by atoms with Gasteiger partial charge in [-0.25, -0.2) is 4.79 Å². The van der Waals surface area contributed by atoms with Gasteiger partial charge < -0.3 is 9.47 Å². The van der Waals surface area contributed by atoms with Crippen LogP contribution in [-0.2, 0) is 19.1 Å². The molecule has 0 aliphatic carbocycles. The molecule has 0 radical (unpaired) electrons. The normalized spacial score (nSPS) is 20.7. The van der Waals surface area contributed by atoms with Gasteiger partial charge in [0.1, 0.15) is 11.4 Å². The molecular formula is C12H18O4. The predicted molar refractivity (Wildman–Crippen MR) is 58.7 cm³/mol. The highest BCUT2D eigenvalue weighted by atomic mass is 16.6. The molecule has 0 saturated heterocycles. The SMILES string of the molecule is CC(=O)C1CC(C(=O)OC(C)(C)C)=C(C)O1. The maximum Gasteiger partial charge on any atom is 0.338 e. The van der Waals surface area contributed by atoms with Crippen molar-refractivity contribution in [2.45, 2.75) is 52.7 Å². The van der Waals surface area contributed by atoms with E-state index in [1.165, 1.54) is 6.92 Å². The van der Waals surface area contributed by atoms with E-state index in [-0.39, 0.29) is 5.78 Å². The smallest absolute Gasteiger partial charge is 0.338 e. The summed E-state index contributed by atoms with van der Waals surface area (Å²) in [7, 11) is 0. The molecule has 0 spiro atoms. The number of hydrogen-bond acceptors (Lipinski definition) is 4. The van der Waals surface area contributed by atoms with Gasteiger partial charge in [0.15, 0.2) is 11.9 Å². The van der Waals surface area contributed by atoms with Gasteiger partial charge in [0.05, 0.1) is 5.57 Å². The third kappa shape index (κ3) is 3.08. The average molecular weight is 226 g/mol. The van der Waals surface area contributed by atoms with Gasteiger partial charge in [-0.2, -0.15) is 0 Å². The molecule has 1 atom stereocenters. The third-order valence-electron chi connectivity index (χ3n) is 2.23. The standard InChI is InChI=1S/C12H18O4/c1-7(13)10-6-9(8(2)15-10)11(14)16-12(3,4)5/h10H,6H2,1-5H3. The van der Waals surface area contributed by atoms with E-state index in [4.69, 9.17) is 9.47 Å². The summed E-state index contributed by atoms with van der Waals surface area (Å²) >= 11 is 0. The molecule has 4 nitrogen and oxygen atoms in total. The quantitative estimate of drug-likeness (QED) is 0.675. The van der Waals surface area contributed by atoms with E-state index in [9.17, 15) is 9.59 Å². The highest BCUT2D eigenvalue weighted by molar-refractivity contribution is 5.92. The van der Waals surface area contributed by atoms with Crippen LogP contribution in [0.4, 0.5) is 0 Å². The van der Waals surface area contributed by atoms with Crippen molar-refractivity contribution in [3.8, 4) is 0 Å². The number of ketones is 1. The minimum absolute atomic E-state index is 0.0714. The van der Waals surface area contributed by atoms with Gasteiger partial charge in [0, 0.05) is 6.42 Å². The summed E-state index contributed by atoms with van der Waals surface area (Å²) < 4.78 is 10.5. The summed E-state index contributed by atoms with van der Waals surface area (Å²) in [5.74, 6) is 0.0288. The van der Waals surface area contributed by atoms with Crippen LogP contribution in [0.2, 0.25) is 0 Å². The number of carbonyl (C=O) groups excluding carboxylic acids is 2. The van der Waals surface area contributed by atoms with Crippen LogP contribution in [0.25, 0.3) is 0 Å². The molecule has 1 aliphatic rings. The monoisotopic (exact) mass is 226 g/mol. The van der Waals surface area contributed by atoms with Gasteiger partial charge in [0.2, 0.25) is 0 Å². The van der Waals surface area contributed by atoms with Gasteiger partial charge >= 0.3 is 5.97 Å². The van der Waals surface area contributed by atoms with Crippen LogP contribution in [0.5, 0.6) is 0 Å². The predicted octanol–water partition coefficient (Wildman–Crippen LogP) is 1.98. The first-order valence-corrected chi connectivity index (χ1v) is 5.31. The number of allylic oxidation sites excluding steroid dienone is 1. The Morgan fingerprint density at radius 1 is 1.38 bits per heavy atom. The van der Waals surface area contributed by atoms with Crippen LogP contribution in [-0.4, -0.2) is 23.5 Å². The molecule has 0 amide bonds. The van der Waals surface area contributed by atoms with Crippen LogP contribution >= 0.6 is 0 Å². The van der Waals surface area contributed by atoms with E-state index in [1.54, 1.807) is 27.7 Å². The summed E-state index contributed by atoms with van der Waals surface area (Å²) in [5.41, 5.74) is -0.0614. The van der Waals surface area contributed by atoms with Crippen molar-refractivity contribution in [2.75, 3.05) is 0 Å². The number of ether oxygens (including phenoxy) is 2. The molecule has 0 saturated carbocycles. The minimum atomic E-state index is -0.529. The van der Waals surface area contributed by atoms with Gasteiger partial charge in [0.25, 0.3) is 0 Å².